The Morgan fingerprint density at radius 2 is 1.65 bits per heavy atom. The van der Waals surface area contributed by atoms with Crippen LogP contribution in [-0.2, 0) is 4.74 Å². The molecule has 0 aliphatic heterocycles. The molecule has 0 saturated heterocycles. The number of esters is 1. The van der Waals surface area contributed by atoms with E-state index in [-0.39, 0.29) is 12.4 Å². The molecular formula is C26H20ClNO3. The minimum Gasteiger partial charge on any atom is -0.454 e. The zero-order valence-corrected chi connectivity index (χ0v) is 17.9. The van der Waals surface area contributed by atoms with Gasteiger partial charge in [0, 0.05) is 21.5 Å². The highest BCUT2D eigenvalue weighted by atomic mass is 35.5. The molecule has 154 valence electrons. The van der Waals surface area contributed by atoms with Crippen molar-refractivity contribution in [2.45, 2.75) is 13.8 Å². The van der Waals surface area contributed by atoms with Crippen molar-refractivity contribution < 1.29 is 14.3 Å². The molecule has 0 spiro atoms. The average molecular weight is 430 g/mol. The van der Waals surface area contributed by atoms with Gasteiger partial charge in [0.25, 0.3) is 0 Å². The Kier molecular flexibility index (Phi) is 5.83. The average Bonchev–Trinajstić information content (AvgIpc) is 2.78. The lowest BCUT2D eigenvalue weighted by Crippen LogP contribution is -2.15. The second-order valence-corrected chi connectivity index (χ2v) is 7.83. The Balaban J connectivity index is 1.67. The number of aromatic nitrogens is 1. The molecule has 0 N–H and O–H groups in total. The van der Waals surface area contributed by atoms with Crippen LogP contribution in [0.25, 0.3) is 22.2 Å². The van der Waals surface area contributed by atoms with Crippen molar-refractivity contribution >= 4 is 34.3 Å². The number of carbonyl (C=O) groups is 2. The van der Waals surface area contributed by atoms with E-state index in [9.17, 15) is 9.59 Å². The van der Waals surface area contributed by atoms with E-state index in [1.54, 1.807) is 30.3 Å². The highest BCUT2D eigenvalue weighted by Gasteiger charge is 2.18. The van der Waals surface area contributed by atoms with Crippen molar-refractivity contribution in [2.24, 2.45) is 0 Å². The van der Waals surface area contributed by atoms with Crippen LogP contribution in [0.1, 0.15) is 31.8 Å². The number of benzene rings is 3. The number of aryl methyl sites for hydroxylation is 2. The summed E-state index contributed by atoms with van der Waals surface area (Å²) in [6, 6.07) is 21.8. The van der Waals surface area contributed by atoms with Crippen LogP contribution in [0.3, 0.4) is 0 Å². The van der Waals surface area contributed by atoms with Crippen LogP contribution in [0.2, 0.25) is 5.02 Å². The SMILES string of the molecule is Cc1ccc(-c2cc(C(=O)OCC(=O)c3ccc(Cl)cc3)c3cccc(C)c3n2)cc1. The van der Waals surface area contributed by atoms with Crippen LogP contribution in [0.5, 0.6) is 0 Å². The maximum atomic E-state index is 13.0. The number of rotatable bonds is 5. The summed E-state index contributed by atoms with van der Waals surface area (Å²) in [5, 5.41) is 1.23. The fourth-order valence-electron chi connectivity index (χ4n) is 3.36. The summed E-state index contributed by atoms with van der Waals surface area (Å²) in [7, 11) is 0. The standard InChI is InChI=1S/C26H20ClNO3/c1-16-6-8-18(9-7-16)23-14-22(21-5-3-4-17(2)25(21)28-23)26(30)31-15-24(29)19-10-12-20(27)13-11-19/h3-14H,15H2,1-2H3. The van der Waals surface area contributed by atoms with Gasteiger partial charge in [0.2, 0.25) is 0 Å². The largest absolute Gasteiger partial charge is 0.454 e. The molecule has 31 heavy (non-hydrogen) atoms. The molecule has 0 saturated carbocycles. The van der Waals surface area contributed by atoms with Gasteiger partial charge in [-0.15, -0.1) is 0 Å². The number of hydrogen-bond acceptors (Lipinski definition) is 4. The van der Waals surface area contributed by atoms with Gasteiger partial charge < -0.3 is 4.74 Å². The predicted octanol–water partition coefficient (Wildman–Crippen LogP) is 6.21. The molecular weight excluding hydrogens is 410 g/mol. The van der Waals surface area contributed by atoms with Crippen LogP contribution in [0.4, 0.5) is 0 Å². The minimum absolute atomic E-state index is 0.293. The molecule has 0 aliphatic rings. The van der Waals surface area contributed by atoms with Crippen molar-refractivity contribution in [2.75, 3.05) is 6.61 Å². The summed E-state index contributed by atoms with van der Waals surface area (Å²) in [6.45, 7) is 3.62. The first-order valence-electron chi connectivity index (χ1n) is 9.85. The second kappa shape index (κ2) is 8.70. The van der Waals surface area contributed by atoms with Crippen LogP contribution in [0, 0.1) is 13.8 Å². The molecule has 0 amide bonds. The normalized spacial score (nSPS) is 10.8. The van der Waals surface area contributed by atoms with Gasteiger partial charge in [-0.25, -0.2) is 9.78 Å². The zero-order chi connectivity index (χ0) is 22.0. The third kappa shape index (κ3) is 4.49. The fraction of sp³-hybridized carbons (Fsp3) is 0.115. The number of ketones is 1. The summed E-state index contributed by atoms with van der Waals surface area (Å²) in [6.07, 6.45) is 0. The van der Waals surface area contributed by atoms with E-state index >= 15 is 0 Å². The summed E-state index contributed by atoms with van der Waals surface area (Å²) in [4.78, 5) is 30.2. The monoisotopic (exact) mass is 429 g/mol. The zero-order valence-electron chi connectivity index (χ0n) is 17.2. The van der Waals surface area contributed by atoms with Gasteiger partial charge in [0.1, 0.15) is 0 Å². The Labute approximate surface area is 185 Å². The number of ether oxygens (including phenoxy) is 1. The number of carbonyl (C=O) groups excluding carboxylic acids is 2. The van der Waals surface area contributed by atoms with Gasteiger partial charge in [0.05, 0.1) is 16.8 Å². The third-order valence-corrected chi connectivity index (χ3v) is 5.36. The molecule has 0 unspecified atom stereocenters. The number of pyridine rings is 1. The lowest BCUT2D eigenvalue weighted by Gasteiger charge is -2.11. The fourth-order valence-corrected chi connectivity index (χ4v) is 3.49. The van der Waals surface area contributed by atoms with Crippen molar-refractivity contribution in [1.82, 2.24) is 4.98 Å². The molecule has 1 aromatic heterocycles. The van der Waals surface area contributed by atoms with E-state index in [2.05, 4.69) is 0 Å². The first kappa shape index (κ1) is 20.8. The lowest BCUT2D eigenvalue weighted by molar-refractivity contribution is 0.0476. The number of nitrogens with zero attached hydrogens (tertiary/aromatic N) is 1. The Morgan fingerprint density at radius 1 is 0.935 bits per heavy atom. The number of Topliss-reactive ketones (excluding diaryl/α,β-unsaturated/α-hetero) is 1. The lowest BCUT2D eigenvalue weighted by atomic mass is 10.0. The van der Waals surface area contributed by atoms with Crippen molar-refractivity contribution in [1.29, 1.82) is 0 Å². The number of para-hydroxylation sites is 1. The molecule has 4 aromatic rings. The maximum Gasteiger partial charge on any atom is 0.339 e. The highest BCUT2D eigenvalue weighted by Crippen LogP contribution is 2.27. The molecule has 0 atom stereocenters. The molecule has 4 rings (SSSR count). The van der Waals surface area contributed by atoms with E-state index in [1.807, 2.05) is 56.3 Å². The van der Waals surface area contributed by atoms with Crippen molar-refractivity contribution in [3.05, 3.63) is 100 Å². The van der Waals surface area contributed by atoms with Crippen LogP contribution in [0.15, 0.2) is 72.8 Å². The molecule has 3 aromatic carbocycles. The van der Waals surface area contributed by atoms with E-state index in [4.69, 9.17) is 21.3 Å². The number of hydrogen-bond donors (Lipinski definition) is 0. The highest BCUT2D eigenvalue weighted by molar-refractivity contribution is 6.30. The summed E-state index contributed by atoms with van der Waals surface area (Å²) in [5.74, 6) is -0.855. The van der Waals surface area contributed by atoms with Gasteiger partial charge >= 0.3 is 5.97 Å². The summed E-state index contributed by atoms with van der Waals surface area (Å²) < 4.78 is 5.38. The molecule has 0 fully saturated rings. The van der Waals surface area contributed by atoms with Crippen LogP contribution in [-0.4, -0.2) is 23.3 Å². The molecule has 0 radical (unpaired) electrons. The van der Waals surface area contributed by atoms with Crippen LogP contribution >= 0.6 is 11.6 Å². The van der Waals surface area contributed by atoms with Gasteiger partial charge in [-0.1, -0.05) is 59.6 Å². The Bertz CT molecular complexity index is 1280. The van der Waals surface area contributed by atoms with Gasteiger partial charge in [0.15, 0.2) is 12.4 Å². The maximum absolute atomic E-state index is 13.0. The molecule has 0 bridgehead atoms. The first-order valence-corrected chi connectivity index (χ1v) is 10.2. The molecule has 5 heteroatoms. The second-order valence-electron chi connectivity index (χ2n) is 7.40. The summed E-state index contributed by atoms with van der Waals surface area (Å²) in [5.41, 5.74) is 5.23. The number of halogens is 1. The Hall–Kier alpha value is -3.50. The van der Waals surface area contributed by atoms with E-state index < -0.39 is 5.97 Å². The summed E-state index contributed by atoms with van der Waals surface area (Å²) >= 11 is 5.86. The first-order chi connectivity index (χ1) is 14.9. The molecule has 0 aliphatic carbocycles. The van der Waals surface area contributed by atoms with E-state index in [0.717, 1.165) is 22.2 Å². The van der Waals surface area contributed by atoms with Crippen molar-refractivity contribution in [3.63, 3.8) is 0 Å². The van der Waals surface area contributed by atoms with Crippen LogP contribution < -0.4 is 0 Å². The van der Waals surface area contributed by atoms with Gasteiger partial charge in [-0.3, -0.25) is 4.79 Å². The number of fused-ring (bicyclic) bond motifs is 1. The molecule has 4 nitrogen and oxygen atoms in total. The third-order valence-electron chi connectivity index (χ3n) is 5.11. The smallest absolute Gasteiger partial charge is 0.339 e. The molecule has 1 heterocycles. The predicted molar refractivity (Wildman–Crippen MR) is 123 cm³/mol. The Morgan fingerprint density at radius 3 is 2.35 bits per heavy atom. The minimum atomic E-state index is -0.561. The quantitative estimate of drug-likeness (QED) is 0.279. The topological polar surface area (TPSA) is 56.3 Å². The van der Waals surface area contributed by atoms with Crippen molar-refractivity contribution in [3.8, 4) is 11.3 Å². The van der Waals surface area contributed by atoms with Gasteiger partial charge in [-0.2, -0.15) is 0 Å². The van der Waals surface area contributed by atoms with E-state index in [0.29, 0.717) is 27.2 Å². The van der Waals surface area contributed by atoms with E-state index in [1.165, 1.54) is 0 Å². The van der Waals surface area contributed by atoms with Gasteiger partial charge in [-0.05, 0) is 49.7 Å².